The second kappa shape index (κ2) is 4.17. The molecule has 3 heteroatoms. The highest BCUT2D eigenvalue weighted by molar-refractivity contribution is 5.76. The maximum atomic E-state index is 10.6. The molecule has 1 aliphatic rings. The number of aromatic nitrogens is 2. The number of fused-ring (bicyclic) bond motifs is 1. The maximum absolute atomic E-state index is 10.6. The first-order chi connectivity index (χ1) is 8.36. The number of hydrogen-bond donors (Lipinski definition) is 0. The van der Waals surface area contributed by atoms with Gasteiger partial charge in [-0.05, 0) is 12.8 Å². The van der Waals surface area contributed by atoms with E-state index in [4.69, 9.17) is 0 Å². The van der Waals surface area contributed by atoms with Crippen molar-refractivity contribution in [1.29, 1.82) is 0 Å². The van der Waals surface area contributed by atoms with E-state index in [9.17, 15) is 4.79 Å². The van der Waals surface area contributed by atoms with Gasteiger partial charge in [0.2, 0.25) is 0 Å². The SMILES string of the molecule is O=Cc1ccc(-c2cn3c(n2)CCCC3)cc1. The van der Waals surface area contributed by atoms with Crippen LogP contribution in [-0.4, -0.2) is 15.8 Å². The zero-order valence-electron chi connectivity index (χ0n) is 9.60. The van der Waals surface area contributed by atoms with Crippen LogP contribution in [0.3, 0.4) is 0 Å². The Bertz CT molecular complexity index is 516. The monoisotopic (exact) mass is 226 g/mol. The van der Waals surface area contributed by atoms with E-state index in [1.807, 2.05) is 24.3 Å². The topological polar surface area (TPSA) is 34.9 Å². The number of rotatable bonds is 2. The molecule has 86 valence electrons. The second-order valence-electron chi connectivity index (χ2n) is 4.43. The van der Waals surface area contributed by atoms with Crippen LogP contribution in [0.15, 0.2) is 30.5 Å². The third-order valence-electron chi connectivity index (χ3n) is 3.25. The molecule has 17 heavy (non-hydrogen) atoms. The molecule has 0 N–H and O–H groups in total. The van der Waals surface area contributed by atoms with Crippen LogP contribution >= 0.6 is 0 Å². The highest BCUT2D eigenvalue weighted by Crippen LogP contribution is 2.22. The van der Waals surface area contributed by atoms with Crippen LogP contribution in [-0.2, 0) is 13.0 Å². The Kier molecular flexibility index (Phi) is 2.52. The Morgan fingerprint density at radius 2 is 2.00 bits per heavy atom. The van der Waals surface area contributed by atoms with Crippen LogP contribution in [0.25, 0.3) is 11.3 Å². The van der Waals surface area contributed by atoms with Crippen molar-refractivity contribution in [2.45, 2.75) is 25.8 Å². The normalized spacial score (nSPS) is 14.4. The van der Waals surface area contributed by atoms with Crippen LogP contribution in [0.1, 0.15) is 29.0 Å². The molecular formula is C14H14N2O. The lowest BCUT2D eigenvalue weighted by molar-refractivity contribution is 0.112. The summed E-state index contributed by atoms with van der Waals surface area (Å²) in [6, 6.07) is 7.58. The maximum Gasteiger partial charge on any atom is 0.150 e. The van der Waals surface area contributed by atoms with E-state index >= 15 is 0 Å². The lowest BCUT2D eigenvalue weighted by Crippen LogP contribution is -2.08. The van der Waals surface area contributed by atoms with Gasteiger partial charge >= 0.3 is 0 Å². The number of hydrogen-bond acceptors (Lipinski definition) is 2. The minimum Gasteiger partial charge on any atom is -0.334 e. The van der Waals surface area contributed by atoms with Gasteiger partial charge < -0.3 is 4.57 Å². The highest BCUT2D eigenvalue weighted by Gasteiger charge is 2.12. The van der Waals surface area contributed by atoms with Crippen molar-refractivity contribution in [3.05, 3.63) is 41.9 Å². The van der Waals surface area contributed by atoms with E-state index in [1.54, 1.807) is 0 Å². The smallest absolute Gasteiger partial charge is 0.150 e. The van der Waals surface area contributed by atoms with Gasteiger partial charge in [0.15, 0.2) is 0 Å². The molecule has 1 aromatic heterocycles. The molecule has 0 saturated carbocycles. The predicted octanol–water partition coefficient (Wildman–Crippen LogP) is 2.70. The molecule has 0 fully saturated rings. The number of imidazole rings is 1. The Balaban J connectivity index is 1.97. The van der Waals surface area contributed by atoms with Crippen LogP contribution in [0.4, 0.5) is 0 Å². The van der Waals surface area contributed by atoms with Gasteiger partial charge in [-0.3, -0.25) is 4.79 Å². The summed E-state index contributed by atoms with van der Waals surface area (Å²) in [7, 11) is 0. The molecule has 2 heterocycles. The fourth-order valence-corrected chi connectivity index (χ4v) is 2.28. The molecule has 3 nitrogen and oxygen atoms in total. The zero-order chi connectivity index (χ0) is 11.7. The first-order valence-corrected chi connectivity index (χ1v) is 5.98. The summed E-state index contributed by atoms with van der Waals surface area (Å²) in [5.74, 6) is 1.19. The average molecular weight is 226 g/mol. The number of carbonyl (C=O) groups is 1. The Morgan fingerprint density at radius 3 is 2.71 bits per heavy atom. The number of benzene rings is 1. The van der Waals surface area contributed by atoms with E-state index in [0.29, 0.717) is 5.56 Å². The van der Waals surface area contributed by atoms with Crippen molar-refractivity contribution in [1.82, 2.24) is 9.55 Å². The lowest BCUT2D eigenvalue weighted by Gasteiger charge is -2.11. The van der Waals surface area contributed by atoms with E-state index in [2.05, 4.69) is 15.7 Å². The molecule has 0 unspecified atom stereocenters. The largest absolute Gasteiger partial charge is 0.334 e. The third kappa shape index (κ3) is 1.88. The molecule has 2 aromatic rings. The molecule has 0 aliphatic carbocycles. The van der Waals surface area contributed by atoms with Gasteiger partial charge in [0, 0.05) is 30.3 Å². The van der Waals surface area contributed by atoms with Crippen molar-refractivity contribution in [3.8, 4) is 11.3 Å². The minimum absolute atomic E-state index is 0.706. The summed E-state index contributed by atoms with van der Waals surface area (Å²) in [6.45, 7) is 1.08. The Morgan fingerprint density at radius 1 is 1.18 bits per heavy atom. The van der Waals surface area contributed by atoms with Crippen LogP contribution in [0.2, 0.25) is 0 Å². The number of aldehydes is 1. The summed E-state index contributed by atoms with van der Waals surface area (Å²) in [5, 5.41) is 0. The fraction of sp³-hybridized carbons (Fsp3) is 0.286. The summed E-state index contributed by atoms with van der Waals surface area (Å²) in [6.07, 6.45) is 6.53. The summed E-state index contributed by atoms with van der Waals surface area (Å²) >= 11 is 0. The van der Waals surface area contributed by atoms with Crippen LogP contribution in [0, 0.1) is 0 Å². The summed E-state index contributed by atoms with van der Waals surface area (Å²) in [5.41, 5.74) is 2.80. The van der Waals surface area contributed by atoms with Crippen molar-refractivity contribution in [2.24, 2.45) is 0 Å². The molecule has 3 rings (SSSR count). The predicted molar refractivity (Wildman–Crippen MR) is 66.0 cm³/mol. The standard InChI is InChI=1S/C14H14N2O/c17-10-11-4-6-12(7-5-11)13-9-16-8-2-1-3-14(16)15-13/h4-7,9-10H,1-3,8H2. The Labute approximate surface area is 100 Å². The van der Waals surface area contributed by atoms with Crippen molar-refractivity contribution < 1.29 is 4.79 Å². The van der Waals surface area contributed by atoms with Gasteiger partial charge in [-0.15, -0.1) is 0 Å². The molecule has 1 aliphatic heterocycles. The second-order valence-corrected chi connectivity index (χ2v) is 4.43. The van der Waals surface area contributed by atoms with Gasteiger partial charge in [0.05, 0.1) is 5.69 Å². The summed E-state index contributed by atoms with van der Waals surface area (Å²) in [4.78, 5) is 15.2. The molecule has 0 bridgehead atoms. The molecular weight excluding hydrogens is 212 g/mol. The van der Waals surface area contributed by atoms with E-state index in [-0.39, 0.29) is 0 Å². The number of carbonyl (C=O) groups excluding carboxylic acids is 1. The van der Waals surface area contributed by atoms with Gasteiger partial charge in [0.1, 0.15) is 12.1 Å². The average Bonchev–Trinajstić information content (AvgIpc) is 2.82. The van der Waals surface area contributed by atoms with Gasteiger partial charge in [-0.25, -0.2) is 4.98 Å². The summed E-state index contributed by atoms with van der Waals surface area (Å²) < 4.78 is 2.24. The Hall–Kier alpha value is -1.90. The van der Waals surface area contributed by atoms with Crippen LogP contribution in [0.5, 0.6) is 0 Å². The molecule has 0 radical (unpaired) electrons. The van der Waals surface area contributed by atoms with Gasteiger partial charge in [-0.1, -0.05) is 24.3 Å². The first kappa shape index (κ1) is 10.3. The molecule has 0 amide bonds. The van der Waals surface area contributed by atoms with Gasteiger partial charge in [-0.2, -0.15) is 0 Å². The molecule has 0 saturated heterocycles. The first-order valence-electron chi connectivity index (χ1n) is 5.98. The lowest BCUT2D eigenvalue weighted by atomic mass is 10.1. The van der Waals surface area contributed by atoms with Crippen LogP contribution < -0.4 is 0 Å². The van der Waals surface area contributed by atoms with E-state index < -0.39 is 0 Å². The third-order valence-corrected chi connectivity index (χ3v) is 3.25. The number of aryl methyl sites for hydroxylation is 2. The van der Waals surface area contributed by atoms with E-state index in [0.717, 1.165) is 30.5 Å². The van der Waals surface area contributed by atoms with Crippen molar-refractivity contribution in [3.63, 3.8) is 0 Å². The highest BCUT2D eigenvalue weighted by atomic mass is 16.1. The molecule has 0 atom stereocenters. The van der Waals surface area contributed by atoms with Gasteiger partial charge in [0.25, 0.3) is 0 Å². The minimum atomic E-state index is 0.706. The number of nitrogens with zero attached hydrogens (tertiary/aromatic N) is 2. The molecule has 0 spiro atoms. The fourth-order valence-electron chi connectivity index (χ4n) is 2.28. The zero-order valence-corrected chi connectivity index (χ0v) is 9.60. The molecule has 1 aromatic carbocycles. The quantitative estimate of drug-likeness (QED) is 0.738. The van der Waals surface area contributed by atoms with E-state index in [1.165, 1.54) is 18.7 Å². The van der Waals surface area contributed by atoms with Crippen molar-refractivity contribution in [2.75, 3.05) is 0 Å². The van der Waals surface area contributed by atoms with Crippen molar-refractivity contribution >= 4 is 6.29 Å².